The van der Waals surface area contributed by atoms with Gasteiger partial charge in [-0.2, -0.15) is 0 Å². The molecule has 1 aromatic rings. The van der Waals surface area contributed by atoms with Crippen molar-refractivity contribution in [2.45, 2.75) is 17.9 Å². The highest BCUT2D eigenvalue weighted by Gasteiger charge is 2.21. The van der Waals surface area contributed by atoms with Gasteiger partial charge in [-0.05, 0) is 37.7 Å². The van der Waals surface area contributed by atoms with E-state index in [1.807, 2.05) is 14.0 Å². The molecule has 0 radical (unpaired) electrons. The molecule has 0 saturated carbocycles. The van der Waals surface area contributed by atoms with Crippen molar-refractivity contribution in [3.8, 4) is 0 Å². The number of morpholine rings is 1. The van der Waals surface area contributed by atoms with Gasteiger partial charge in [0, 0.05) is 24.1 Å². The maximum atomic E-state index is 12.2. The van der Waals surface area contributed by atoms with E-state index in [9.17, 15) is 8.42 Å². The quantitative estimate of drug-likeness (QED) is 0.878. The Morgan fingerprint density at radius 3 is 2.90 bits per heavy atom. The van der Waals surface area contributed by atoms with Crippen LogP contribution in [0.5, 0.6) is 0 Å². The van der Waals surface area contributed by atoms with Gasteiger partial charge in [-0.3, -0.25) is 0 Å². The van der Waals surface area contributed by atoms with Crippen LogP contribution in [0.15, 0.2) is 27.6 Å². The van der Waals surface area contributed by atoms with Gasteiger partial charge in [-0.15, -0.1) is 0 Å². The van der Waals surface area contributed by atoms with Crippen LogP contribution >= 0.6 is 15.9 Å². The molecule has 1 aromatic carbocycles. The van der Waals surface area contributed by atoms with E-state index in [1.165, 1.54) is 0 Å². The number of benzene rings is 1. The summed E-state index contributed by atoms with van der Waals surface area (Å²) in [6.45, 7) is 4.42. The second-order valence-electron chi connectivity index (χ2n) is 5.02. The molecule has 1 unspecified atom stereocenters. The summed E-state index contributed by atoms with van der Waals surface area (Å²) in [7, 11) is -1.48. The summed E-state index contributed by atoms with van der Waals surface area (Å²) in [6, 6.07) is 4.99. The summed E-state index contributed by atoms with van der Waals surface area (Å²) in [5, 5.41) is 0. The molecular weight excluding hydrogens is 344 g/mol. The van der Waals surface area contributed by atoms with Gasteiger partial charge in [0.05, 0.1) is 17.6 Å². The van der Waals surface area contributed by atoms with E-state index in [-0.39, 0.29) is 11.0 Å². The first-order valence-corrected chi connectivity index (χ1v) is 8.72. The minimum atomic E-state index is -3.49. The average Bonchev–Trinajstić information content (AvgIpc) is 2.40. The molecule has 1 fully saturated rings. The monoisotopic (exact) mass is 362 g/mol. The molecule has 1 atom stereocenters. The Morgan fingerprint density at radius 1 is 1.50 bits per heavy atom. The molecule has 0 bridgehead atoms. The lowest BCUT2D eigenvalue weighted by Crippen LogP contribution is -2.45. The Hall–Kier alpha value is -0.470. The molecule has 0 aliphatic carbocycles. The van der Waals surface area contributed by atoms with E-state index in [0.29, 0.717) is 13.2 Å². The van der Waals surface area contributed by atoms with Crippen LogP contribution in [-0.4, -0.2) is 52.7 Å². The summed E-state index contributed by atoms with van der Waals surface area (Å²) in [5.74, 6) is 0. The number of rotatable bonds is 4. The predicted octanol–water partition coefficient (Wildman–Crippen LogP) is 1.37. The van der Waals surface area contributed by atoms with Crippen molar-refractivity contribution in [3.63, 3.8) is 0 Å². The zero-order valence-electron chi connectivity index (χ0n) is 11.6. The predicted molar refractivity (Wildman–Crippen MR) is 81.3 cm³/mol. The molecule has 0 amide bonds. The number of aryl methyl sites for hydroxylation is 1. The average molecular weight is 363 g/mol. The van der Waals surface area contributed by atoms with Crippen molar-refractivity contribution in [1.29, 1.82) is 0 Å². The van der Waals surface area contributed by atoms with Crippen LogP contribution in [-0.2, 0) is 14.8 Å². The number of nitrogens with one attached hydrogen (secondary N) is 1. The normalized spacial score (nSPS) is 21.1. The van der Waals surface area contributed by atoms with Crippen LogP contribution in [0.3, 0.4) is 0 Å². The summed E-state index contributed by atoms with van der Waals surface area (Å²) in [4.78, 5) is 2.41. The third-order valence-electron chi connectivity index (χ3n) is 3.28. The molecule has 112 valence electrons. The molecule has 0 aromatic heterocycles. The SMILES string of the molecule is Cc1cc(S(=O)(=O)NCC2CN(C)CCO2)ccc1Br. The van der Waals surface area contributed by atoms with Crippen LogP contribution in [0, 0.1) is 6.92 Å². The topological polar surface area (TPSA) is 58.6 Å². The fraction of sp³-hybridized carbons (Fsp3) is 0.538. The number of sulfonamides is 1. The zero-order chi connectivity index (χ0) is 14.8. The van der Waals surface area contributed by atoms with Gasteiger partial charge in [0.25, 0.3) is 0 Å². The highest BCUT2D eigenvalue weighted by atomic mass is 79.9. The van der Waals surface area contributed by atoms with E-state index >= 15 is 0 Å². The Kier molecular flexibility index (Phi) is 5.19. The molecule has 1 aliphatic rings. The van der Waals surface area contributed by atoms with E-state index in [0.717, 1.165) is 23.1 Å². The highest BCUT2D eigenvalue weighted by molar-refractivity contribution is 9.10. The zero-order valence-corrected chi connectivity index (χ0v) is 14.0. The number of hydrogen-bond acceptors (Lipinski definition) is 4. The van der Waals surface area contributed by atoms with Gasteiger partial charge in [0.2, 0.25) is 10.0 Å². The first kappa shape index (κ1) is 15.9. The van der Waals surface area contributed by atoms with Gasteiger partial charge < -0.3 is 9.64 Å². The Morgan fingerprint density at radius 2 is 2.25 bits per heavy atom. The molecule has 1 heterocycles. The maximum Gasteiger partial charge on any atom is 0.240 e. The number of nitrogens with zero attached hydrogens (tertiary/aromatic N) is 1. The Labute approximate surface area is 128 Å². The molecule has 5 nitrogen and oxygen atoms in total. The fourth-order valence-corrected chi connectivity index (χ4v) is 3.46. The van der Waals surface area contributed by atoms with Crippen molar-refractivity contribution in [2.24, 2.45) is 0 Å². The van der Waals surface area contributed by atoms with Crippen LogP contribution in [0.25, 0.3) is 0 Å². The van der Waals surface area contributed by atoms with Crippen LogP contribution < -0.4 is 4.72 Å². The van der Waals surface area contributed by atoms with Gasteiger partial charge in [-0.1, -0.05) is 15.9 Å². The van der Waals surface area contributed by atoms with Gasteiger partial charge >= 0.3 is 0 Å². The molecule has 1 N–H and O–H groups in total. The van der Waals surface area contributed by atoms with Crippen molar-refractivity contribution in [2.75, 3.05) is 33.3 Å². The van der Waals surface area contributed by atoms with Crippen molar-refractivity contribution in [3.05, 3.63) is 28.2 Å². The minimum absolute atomic E-state index is 0.0972. The van der Waals surface area contributed by atoms with E-state index in [4.69, 9.17) is 4.74 Å². The number of likely N-dealkylation sites (N-methyl/N-ethyl adjacent to an activating group) is 1. The van der Waals surface area contributed by atoms with Crippen molar-refractivity contribution in [1.82, 2.24) is 9.62 Å². The van der Waals surface area contributed by atoms with Gasteiger partial charge in [0.1, 0.15) is 0 Å². The highest BCUT2D eigenvalue weighted by Crippen LogP contribution is 2.20. The second kappa shape index (κ2) is 6.53. The lowest BCUT2D eigenvalue weighted by atomic mass is 10.2. The van der Waals surface area contributed by atoms with E-state index in [2.05, 4.69) is 25.6 Å². The van der Waals surface area contributed by atoms with Crippen LogP contribution in [0.1, 0.15) is 5.56 Å². The van der Waals surface area contributed by atoms with E-state index in [1.54, 1.807) is 18.2 Å². The van der Waals surface area contributed by atoms with E-state index < -0.39 is 10.0 Å². The summed E-state index contributed by atoms with van der Waals surface area (Å²) >= 11 is 3.36. The van der Waals surface area contributed by atoms with Crippen molar-refractivity contribution >= 4 is 26.0 Å². The summed E-state index contributed by atoms with van der Waals surface area (Å²) < 4.78 is 33.5. The summed E-state index contributed by atoms with van der Waals surface area (Å²) in [6.07, 6.45) is -0.0972. The standard InChI is InChI=1S/C13H19BrN2O3S/c1-10-7-12(3-4-13(10)14)20(17,18)15-8-11-9-16(2)5-6-19-11/h3-4,7,11,15H,5-6,8-9H2,1-2H3. The Balaban J connectivity index is 2.01. The first-order valence-electron chi connectivity index (χ1n) is 6.44. The molecule has 20 heavy (non-hydrogen) atoms. The number of ether oxygens (including phenoxy) is 1. The van der Waals surface area contributed by atoms with Gasteiger partial charge in [0.15, 0.2) is 0 Å². The molecule has 2 rings (SSSR count). The molecular formula is C13H19BrN2O3S. The maximum absolute atomic E-state index is 12.2. The number of hydrogen-bond donors (Lipinski definition) is 1. The third-order valence-corrected chi connectivity index (χ3v) is 5.59. The lowest BCUT2D eigenvalue weighted by molar-refractivity contribution is -0.0156. The van der Waals surface area contributed by atoms with Crippen LogP contribution in [0.4, 0.5) is 0 Å². The second-order valence-corrected chi connectivity index (χ2v) is 7.64. The molecule has 1 aliphatic heterocycles. The minimum Gasteiger partial charge on any atom is -0.374 e. The molecule has 7 heteroatoms. The Bertz CT molecular complexity index is 577. The summed E-state index contributed by atoms with van der Waals surface area (Å²) in [5.41, 5.74) is 0.890. The largest absolute Gasteiger partial charge is 0.374 e. The smallest absolute Gasteiger partial charge is 0.240 e. The fourth-order valence-electron chi connectivity index (χ4n) is 2.06. The van der Waals surface area contributed by atoms with Crippen molar-refractivity contribution < 1.29 is 13.2 Å². The van der Waals surface area contributed by atoms with Gasteiger partial charge in [-0.25, -0.2) is 13.1 Å². The number of halogens is 1. The first-order chi connectivity index (χ1) is 9.38. The molecule has 0 spiro atoms. The molecule has 1 saturated heterocycles. The van der Waals surface area contributed by atoms with Crippen LogP contribution in [0.2, 0.25) is 0 Å². The third kappa shape index (κ3) is 4.02. The lowest BCUT2D eigenvalue weighted by Gasteiger charge is -2.30.